The van der Waals surface area contributed by atoms with Gasteiger partial charge in [-0.3, -0.25) is 10.1 Å². The summed E-state index contributed by atoms with van der Waals surface area (Å²) in [6.07, 6.45) is -4.70. The third-order valence-corrected chi connectivity index (χ3v) is 3.64. The van der Waals surface area contributed by atoms with Crippen molar-refractivity contribution in [2.24, 2.45) is 0 Å². The van der Waals surface area contributed by atoms with Crippen LogP contribution >= 0.6 is 0 Å². The van der Waals surface area contributed by atoms with Gasteiger partial charge in [-0.15, -0.1) is 0 Å². The predicted octanol–water partition coefficient (Wildman–Crippen LogP) is 4.44. The Kier molecular flexibility index (Phi) is 4.10. The molecule has 0 aromatic heterocycles. The Morgan fingerprint density at radius 1 is 1.09 bits per heavy atom. The van der Waals surface area contributed by atoms with Crippen LogP contribution in [0.2, 0.25) is 0 Å². The van der Waals surface area contributed by atoms with E-state index in [9.17, 15) is 28.5 Å². The van der Waals surface area contributed by atoms with Gasteiger partial charge in [0.15, 0.2) is 0 Å². The minimum Gasteiger partial charge on any atom is -0.258 e. The summed E-state index contributed by atoms with van der Waals surface area (Å²) in [5, 5.41) is 20.8. The first kappa shape index (κ1) is 16.5. The normalized spacial score (nSPS) is 13.9. The number of nitro benzene ring substituents is 1. The predicted molar refractivity (Wildman–Crippen MR) is 76.6 cm³/mol. The summed E-state index contributed by atoms with van der Waals surface area (Å²) in [4.78, 5) is 10.3. The van der Waals surface area contributed by atoms with Crippen molar-refractivity contribution < 1.29 is 18.1 Å². The summed E-state index contributed by atoms with van der Waals surface area (Å²) in [6.45, 7) is 1.44. The number of benzene rings is 2. The van der Waals surface area contributed by atoms with Crippen LogP contribution in [0.1, 0.15) is 23.6 Å². The van der Waals surface area contributed by atoms with Gasteiger partial charge in [0.05, 0.1) is 22.1 Å². The number of rotatable bonds is 3. The van der Waals surface area contributed by atoms with Crippen LogP contribution in [0.4, 0.5) is 18.9 Å². The number of hydrogen-bond donors (Lipinski definition) is 0. The largest absolute Gasteiger partial charge is 0.416 e. The number of alkyl halides is 3. The average molecular weight is 320 g/mol. The second kappa shape index (κ2) is 5.72. The van der Waals surface area contributed by atoms with E-state index in [2.05, 4.69) is 0 Å². The van der Waals surface area contributed by atoms with Crippen LogP contribution in [-0.2, 0) is 11.6 Å². The van der Waals surface area contributed by atoms with E-state index in [1.807, 2.05) is 6.07 Å². The molecular weight excluding hydrogens is 309 g/mol. The van der Waals surface area contributed by atoms with Gasteiger partial charge in [0, 0.05) is 6.07 Å². The van der Waals surface area contributed by atoms with E-state index in [1.54, 1.807) is 30.3 Å². The molecule has 0 unspecified atom stereocenters. The van der Waals surface area contributed by atoms with Gasteiger partial charge in [-0.2, -0.15) is 18.4 Å². The van der Waals surface area contributed by atoms with Crippen LogP contribution in [0.25, 0.3) is 0 Å². The van der Waals surface area contributed by atoms with E-state index in [0.29, 0.717) is 11.6 Å². The first-order chi connectivity index (χ1) is 10.7. The van der Waals surface area contributed by atoms with Crippen molar-refractivity contribution >= 4 is 5.69 Å². The van der Waals surface area contributed by atoms with Crippen LogP contribution in [0.15, 0.2) is 48.5 Å². The van der Waals surface area contributed by atoms with Crippen LogP contribution in [0.5, 0.6) is 0 Å². The molecular formula is C16H11F3N2O2. The van der Waals surface area contributed by atoms with E-state index in [1.165, 1.54) is 6.92 Å². The maximum Gasteiger partial charge on any atom is 0.416 e. The van der Waals surface area contributed by atoms with Crippen molar-refractivity contribution in [2.75, 3.05) is 0 Å². The van der Waals surface area contributed by atoms with Crippen LogP contribution in [-0.4, -0.2) is 4.92 Å². The van der Waals surface area contributed by atoms with Crippen LogP contribution < -0.4 is 0 Å². The highest BCUT2D eigenvalue weighted by Gasteiger charge is 2.38. The molecule has 0 aliphatic heterocycles. The maximum atomic E-state index is 12.8. The van der Waals surface area contributed by atoms with Crippen molar-refractivity contribution in [3.05, 3.63) is 75.3 Å². The standard InChI is InChI=1S/C16H11F3N2O2/c1-15(10-20,11-5-3-2-4-6-11)13-8-7-12(16(17,18)19)9-14(13)21(22)23/h2-9H,1H3/t15-/m0/s1. The first-order valence-electron chi connectivity index (χ1n) is 6.53. The van der Waals surface area contributed by atoms with Crippen molar-refractivity contribution in [1.29, 1.82) is 5.26 Å². The Hall–Kier alpha value is -2.88. The van der Waals surface area contributed by atoms with Crippen molar-refractivity contribution in [1.82, 2.24) is 0 Å². The number of nitro groups is 1. The molecule has 1 atom stereocenters. The first-order valence-corrected chi connectivity index (χ1v) is 6.53. The summed E-state index contributed by atoms with van der Waals surface area (Å²) in [5.74, 6) is 0. The molecule has 4 nitrogen and oxygen atoms in total. The summed E-state index contributed by atoms with van der Waals surface area (Å²) < 4.78 is 38.3. The Balaban J connectivity index is 2.71. The molecule has 0 heterocycles. The molecule has 0 saturated heterocycles. The molecule has 0 N–H and O–H groups in total. The third kappa shape index (κ3) is 3.01. The zero-order valence-corrected chi connectivity index (χ0v) is 12.0. The smallest absolute Gasteiger partial charge is 0.258 e. The second-order valence-electron chi connectivity index (χ2n) is 5.09. The monoisotopic (exact) mass is 320 g/mol. The molecule has 0 aliphatic carbocycles. The Morgan fingerprint density at radius 2 is 1.70 bits per heavy atom. The number of nitrogens with zero attached hydrogens (tertiary/aromatic N) is 2. The van der Waals surface area contributed by atoms with E-state index in [-0.39, 0.29) is 5.56 Å². The summed E-state index contributed by atoms with van der Waals surface area (Å²) in [7, 11) is 0. The molecule has 23 heavy (non-hydrogen) atoms. The lowest BCUT2D eigenvalue weighted by Gasteiger charge is -2.23. The zero-order chi connectivity index (χ0) is 17.3. The molecule has 0 spiro atoms. The number of halogens is 3. The minimum absolute atomic E-state index is 0.0794. The van der Waals surface area contributed by atoms with Gasteiger partial charge in [-0.05, 0) is 24.6 Å². The highest BCUT2D eigenvalue weighted by Crippen LogP contribution is 2.40. The van der Waals surface area contributed by atoms with Crippen molar-refractivity contribution in [2.45, 2.75) is 18.5 Å². The fourth-order valence-electron chi connectivity index (χ4n) is 2.33. The van der Waals surface area contributed by atoms with E-state index in [0.717, 1.165) is 12.1 Å². The van der Waals surface area contributed by atoms with Crippen LogP contribution in [0, 0.1) is 21.4 Å². The second-order valence-corrected chi connectivity index (χ2v) is 5.09. The van der Waals surface area contributed by atoms with Crippen molar-refractivity contribution in [3.63, 3.8) is 0 Å². The van der Waals surface area contributed by atoms with Gasteiger partial charge >= 0.3 is 6.18 Å². The molecule has 2 aromatic rings. The van der Waals surface area contributed by atoms with Gasteiger partial charge in [-0.1, -0.05) is 30.3 Å². The fraction of sp³-hybridized carbons (Fsp3) is 0.188. The van der Waals surface area contributed by atoms with Gasteiger partial charge in [-0.25, -0.2) is 0 Å². The number of hydrogen-bond acceptors (Lipinski definition) is 3. The SMILES string of the molecule is C[C@](C#N)(c1ccccc1)c1ccc(C(F)(F)F)cc1[N+](=O)[O-]. The van der Waals surface area contributed by atoms with Crippen molar-refractivity contribution in [3.8, 4) is 6.07 Å². The van der Waals surface area contributed by atoms with Gasteiger partial charge in [0.1, 0.15) is 5.41 Å². The zero-order valence-electron chi connectivity index (χ0n) is 12.0. The quantitative estimate of drug-likeness (QED) is 0.620. The van der Waals surface area contributed by atoms with Gasteiger partial charge in [0.25, 0.3) is 5.69 Å². The molecule has 2 aromatic carbocycles. The summed E-state index contributed by atoms with van der Waals surface area (Å²) in [5.41, 5.74) is -2.91. The molecule has 7 heteroatoms. The molecule has 118 valence electrons. The summed E-state index contributed by atoms with van der Waals surface area (Å²) in [6, 6.07) is 12.4. The Morgan fingerprint density at radius 3 is 2.17 bits per heavy atom. The average Bonchev–Trinajstić information content (AvgIpc) is 2.53. The molecule has 0 fully saturated rings. The lowest BCUT2D eigenvalue weighted by Crippen LogP contribution is -2.23. The molecule has 0 saturated carbocycles. The van der Waals surface area contributed by atoms with E-state index >= 15 is 0 Å². The van der Waals surface area contributed by atoms with Crippen LogP contribution in [0.3, 0.4) is 0 Å². The Bertz CT molecular complexity index is 782. The van der Waals surface area contributed by atoms with Gasteiger partial charge < -0.3 is 0 Å². The minimum atomic E-state index is -4.70. The third-order valence-electron chi connectivity index (χ3n) is 3.64. The van der Waals surface area contributed by atoms with E-state index in [4.69, 9.17) is 0 Å². The molecule has 0 aliphatic rings. The molecule has 2 rings (SSSR count). The molecule has 0 bridgehead atoms. The maximum absolute atomic E-state index is 12.8. The molecule has 0 amide bonds. The lowest BCUT2D eigenvalue weighted by molar-refractivity contribution is -0.386. The van der Waals surface area contributed by atoms with E-state index < -0.39 is 27.8 Å². The lowest BCUT2D eigenvalue weighted by atomic mass is 9.76. The summed E-state index contributed by atoms with van der Waals surface area (Å²) >= 11 is 0. The fourth-order valence-corrected chi connectivity index (χ4v) is 2.33. The number of nitriles is 1. The topological polar surface area (TPSA) is 66.9 Å². The highest BCUT2D eigenvalue weighted by atomic mass is 19.4. The Labute approximate surface area is 129 Å². The van der Waals surface area contributed by atoms with Gasteiger partial charge in [0.2, 0.25) is 0 Å². The highest BCUT2D eigenvalue weighted by molar-refractivity contribution is 5.56. The molecule has 0 radical (unpaired) electrons.